The number of guanidine groups is 1. The van der Waals surface area contributed by atoms with Gasteiger partial charge in [-0.1, -0.05) is 45.7 Å². The molecule has 0 atom stereocenters. The molecule has 1 aromatic heterocycles. The van der Waals surface area contributed by atoms with E-state index in [2.05, 4.69) is 46.7 Å². The highest BCUT2D eigenvalue weighted by atomic mass is 16.4. The van der Waals surface area contributed by atoms with E-state index in [4.69, 9.17) is 4.42 Å². The average Bonchev–Trinajstić information content (AvgIpc) is 3.42. The van der Waals surface area contributed by atoms with Crippen LogP contribution in [0.2, 0.25) is 0 Å². The zero-order valence-electron chi connectivity index (χ0n) is 19.1. The van der Waals surface area contributed by atoms with E-state index in [1.165, 1.54) is 0 Å². The maximum absolute atomic E-state index is 12.4. The molecule has 0 unspecified atom stereocenters. The van der Waals surface area contributed by atoms with Crippen LogP contribution in [-0.4, -0.2) is 23.4 Å². The average molecular weight is 426 g/mol. The lowest BCUT2D eigenvalue weighted by Crippen LogP contribution is -2.36. The summed E-state index contributed by atoms with van der Waals surface area (Å²) in [7, 11) is 0. The second kappa shape index (κ2) is 10.5. The molecule has 7 heteroatoms. The van der Waals surface area contributed by atoms with Gasteiger partial charge in [-0.15, -0.1) is 0 Å². The van der Waals surface area contributed by atoms with E-state index >= 15 is 0 Å². The van der Waals surface area contributed by atoms with E-state index < -0.39 is 0 Å². The van der Waals surface area contributed by atoms with Crippen molar-refractivity contribution in [3.05, 3.63) is 47.7 Å². The molecule has 0 aliphatic heterocycles. The van der Waals surface area contributed by atoms with Gasteiger partial charge in [-0.05, 0) is 37.5 Å². The SMILES string of the molecule is CCNC(=NCc1cccc(NC(=O)C2CCCC2)c1)NCc1ncc(C(C)(C)C)o1. The number of amides is 1. The summed E-state index contributed by atoms with van der Waals surface area (Å²) in [5.41, 5.74) is 1.80. The highest BCUT2D eigenvalue weighted by Crippen LogP contribution is 2.26. The van der Waals surface area contributed by atoms with Crippen molar-refractivity contribution in [1.82, 2.24) is 15.6 Å². The molecule has 3 N–H and O–H groups in total. The van der Waals surface area contributed by atoms with Gasteiger partial charge in [0.2, 0.25) is 11.8 Å². The molecule has 31 heavy (non-hydrogen) atoms. The van der Waals surface area contributed by atoms with Gasteiger partial charge in [0.05, 0.1) is 19.3 Å². The van der Waals surface area contributed by atoms with Crippen molar-refractivity contribution in [2.75, 3.05) is 11.9 Å². The molecule has 1 heterocycles. The predicted molar refractivity (Wildman–Crippen MR) is 124 cm³/mol. The van der Waals surface area contributed by atoms with Gasteiger partial charge < -0.3 is 20.4 Å². The lowest BCUT2D eigenvalue weighted by Gasteiger charge is -2.13. The molecule has 1 amide bonds. The van der Waals surface area contributed by atoms with Gasteiger partial charge in [-0.2, -0.15) is 0 Å². The number of rotatable bonds is 7. The molecule has 2 aromatic rings. The number of hydrogen-bond donors (Lipinski definition) is 3. The first-order valence-electron chi connectivity index (χ1n) is 11.2. The van der Waals surface area contributed by atoms with Crippen LogP contribution in [0.15, 0.2) is 39.9 Å². The second-order valence-electron chi connectivity index (χ2n) is 9.09. The fraction of sp³-hybridized carbons (Fsp3) is 0.542. The van der Waals surface area contributed by atoms with Crippen molar-refractivity contribution < 1.29 is 9.21 Å². The quantitative estimate of drug-likeness (QED) is 0.453. The van der Waals surface area contributed by atoms with E-state index in [0.29, 0.717) is 24.9 Å². The number of nitrogens with one attached hydrogen (secondary N) is 3. The number of hydrogen-bond acceptors (Lipinski definition) is 4. The smallest absolute Gasteiger partial charge is 0.227 e. The highest BCUT2D eigenvalue weighted by molar-refractivity contribution is 5.92. The minimum atomic E-state index is -0.0674. The van der Waals surface area contributed by atoms with E-state index in [0.717, 1.165) is 49.2 Å². The number of carbonyl (C=O) groups is 1. The van der Waals surface area contributed by atoms with E-state index in [1.54, 1.807) is 6.20 Å². The third kappa shape index (κ3) is 6.84. The van der Waals surface area contributed by atoms with Crippen LogP contribution in [0.1, 0.15) is 70.6 Å². The molecule has 0 radical (unpaired) electrons. The first-order chi connectivity index (χ1) is 14.8. The Morgan fingerprint density at radius 2 is 2.00 bits per heavy atom. The Labute approximate surface area is 185 Å². The molecule has 1 fully saturated rings. The standard InChI is InChI=1S/C24H35N5O2/c1-5-25-23(28-16-21-26-15-20(31-21)24(2,3)4)27-14-17-9-8-12-19(13-17)29-22(30)18-10-6-7-11-18/h8-9,12-13,15,18H,5-7,10-11,14,16H2,1-4H3,(H,29,30)(H2,25,27,28). The summed E-state index contributed by atoms with van der Waals surface area (Å²) in [5.74, 6) is 2.47. The van der Waals surface area contributed by atoms with Gasteiger partial charge in [-0.25, -0.2) is 9.98 Å². The zero-order valence-corrected chi connectivity index (χ0v) is 19.1. The van der Waals surface area contributed by atoms with Crippen LogP contribution in [0.5, 0.6) is 0 Å². The maximum Gasteiger partial charge on any atom is 0.227 e. The lowest BCUT2D eigenvalue weighted by molar-refractivity contribution is -0.119. The van der Waals surface area contributed by atoms with Gasteiger partial charge in [0.1, 0.15) is 5.76 Å². The molecule has 1 aromatic carbocycles. The topological polar surface area (TPSA) is 91.5 Å². The Kier molecular flexibility index (Phi) is 7.71. The minimum Gasteiger partial charge on any atom is -0.443 e. The summed E-state index contributed by atoms with van der Waals surface area (Å²) in [6.45, 7) is 10.0. The number of aliphatic imine (C=N–C) groups is 1. The third-order valence-corrected chi connectivity index (χ3v) is 5.38. The van der Waals surface area contributed by atoms with Crippen LogP contribution < -0.4 is 16.0 Å². The van der Waals surface area contributed by atoms with Crippen LogP contribution >= 0.6 is 0 Å². The molecular weight excluding hydrogens is 390 g/mol. The highest BCUT2D eigenvalue weighted by Gasteiger charge is 2.22. The Balaban J connectivity index is 1.58. The van der Waals surface area contributed by atoms with E-state index in [9.17, 15) is 4.79 Å². The molecule has 3 rings (SSSR count). The van der Waals surface area contributed by atoms with Crippen molar-refractivity contribution >= 4 is 17.6 Å². The lowest BCUT2D eigenvalue weighted by atomic mass is 9.94. The minimum absolute atomic E-state index is 0.0674. The summed E-state index contributed by atoms with van der Waals surface area (Å²) in [6, 6.07) is 7.89. The van der Waals surface area contributed by atoms with Crippen LogP contribution in [0.3, 0.4) is 0 Å². The van der Waals surface area contributed by atoms with Crippen LogP contribution in [0.25, 0.3) is 0 Å². The van der Waals surface area contributed by atoms with E-state index in [1.807, 2.05) is 31.2 Å². The van der Waals surface area contributed by atoms with Crippen molar-refractivity contribution in [2.24, 2.45) is 10.9 Å². The largest absolute Gasteiger partial charge is 0.443 e. The monoisotopic (exact) mass is 425 g/mol. The van der Waals surface area contributed by atoms with Crippen molar-refractivity contribution in [3.63, 3.8) is 0 Å². The second-order valence-corrected chi connectivity index (χ2v) is 9.09. The maximum atomic E-state index is 12.4. The normalized spacial score (nSPS) is 15.2. The van der Waals surface area contributed by atoms with E-state index in [-0.39, 0.29) is 17.2 Å². The Bertz CT molecular complexity index is 891. The summed E-state index contributed by atoms with van der Waals surface area (Å²) in [6.07, 6.45) is 6.08. The molecule has 0 saturated heterocycles. The number of oxazole rings is 1. The van der Waals surface area contributed by atoms with Crippen molar-refractivity contribution in [2.45, 2.75) is 71.9 Å². The molecule has 0 bridgehead atoms. The molecule has 168 valence electrons. The Hall–Kier alpha value is -2.83. The molecule has 1 saturated carbocycles. The number of nitrogens with zero attached hydrogens (tertiary/aromatic N) is 2. The summed E-state index contributed by atoms with van der Waals surface area (Å²) >= 11 is 0. The Morgan fingerprint density at radius 1 is 1.23 bits per heavy atom. The summed E-state index contributed by atoms with van der Waals surface area (Å²) < 4.78 is 5.84. The van der Waals surface area contributed by atoms with Crippen LogP contribution in [0, 0.1) is 5.92 Å². The number of aromatic nitrogens is 1. The van der Waals surface area contributed by atoms with Crippen molar-refractivity contribution in [3.8, 4) is 0 Å². The number of carbonyl (C=O) groups excluding carboxylic acids is 1. The van der Waals surface area contributed by atoms with Crippen LogP contribution in [-0.2, 0) is 23.3 Å². The molecular formula is C24H35N5O2. The number of benzene rings is 1. The first-order valence-corrected chi connectivity index (χ1v) is 11.2. The van der Waals surface area contributed by atoms with Gasteiger partial charge in [-0.3, -0.25) is 4.79 Å². The molecule has 1 aliphatic carbocycles. The zero-order chi connectivity index (χ0) is 22.3. The summed E-state index contributed by atoms with van der Waals surface area (Å²) in [5, 5.41) is 9.57. The summed E-state index contributed by atoms with van der Waals surface area (Å²) in [4.78, 5) is 21.4. The van der Waals surface area contributed by atoms with Crippen molar-refractivity contribution in [1.29, 1.82) is 0 Å². The van der Waals surface area contributed by atoms with Gasteiger partial charge in [0, 0.05) is 23.6 Å². The Morgan fingerprint density at radius 3 is 2.68 bits per heavy atom. The van der Waals surface area contributed by atoms with Crippen LogP contribution in [0.4, 0.5) is 5.69 Å². The third-order valence-electron chi connectivity index (χ3n) is 5.38. The number of anilines is 1. The predicted octanol–water partition coefficient (Wildman–Crippen LogP) is 4.36. The van der Waals surface area contributed by atoms with Gasteiger partial charge >= 0.3 is 0 Å². The molecule has 1 aliphatic rings. The molecule has 0 spiro atoms. The molecule has 7 nitrogen and oxygen atoms in total. The first kappa shape index (κ1) is 22.8. The fourth-order valence-corrected chi connectivity index (χ4v) is 3.59. The van der Waals surface area contributed by atoms with Gasteiger partial charge in [0.15, 0.2) is 5.96 Å². The fourth-order valence-electron chi connectivity index (χ4n) is 3.59. The van der Waals surface area contributed by atoms with Gasteiger partial charge in [0.25, 0.3) is 0 Å².